The highest BCUT2D eigenvalue weighted by Gasteiger charge is 2.33. The number of benzene rings is 3. The number of phenolic OH excluding ortho intramolecular Hbond substituents is 1. The molecule has 0 unspecified atom stereocenters. The highest BCUT2D eigenvalue weighted by Crippen LogP contribution is 2.43. The van der Waals surface area contributed by atoms with Crippen LogP contribution in [0.25, 0.3) is 21.5 Å². The summed E-state index contributed by atoms with van der Waals surface area (Å²) in [5, 5.41) is 2.22. The molecule has 0 saturated carbocycles. The normalized spacial score (nSPS) is 11.6. The number of fused-ring (bicyclic) bond motifs is 2. The van der Waals surface area contributed by atoms with Crippen molar-refractivity contribution in [3.05, 3.63) is 46.5 Å². The molecule has 25 heavy (non-hydrogen) atoms. The molecule has 0 bridgehead atoms. The fourth-order valence-electron chi connectivity index (χ4n) is 2.44. The molecule has 1 N–H and O–H groups in total. The van der Waals surface area contributed by atoms with Crippen molar-refractivity contribution in [2.75, 3.05) is 0 Å². The van der Waals surface area contributed by atoms with Crippen LogP contribution < -0.4 is 4.94 Å². The lowest BCUT2D eigenvalue weighted by Crippen LogP contribution is -2.04. The molecule has 132 valence electrons. The first-order valence-electron chi connectivity index (χ1n) is 6.09. The quantitative estimate of drug-likeness (QED) is 0.280. The first kappa shape index (κ1) is 17.0. The maximum atomic E-state index is 14.4. The summed E-state index contributed by atoms with van der Waals surface area (Å²) in [7, 11) is 0. The molecule has 0 spiro atoms. The number of phenols is 1. The van der Waals surface area contributed by atoms with Gasteiger partial charge in [-0.05, 0) is 0 Å². The van der Waals surface area contributed by atoms with Gasteiger partial charge >= 0.3 is 0 Å². The zero-order valence-electron chi connectivity index (χ0n) is 11.3. The van der Waals surface area contributed by atoms with Gasteiger partial charge in [-0.2, -0.15) is 8.78 Å². The van der Waals surface area contributed by atoms with Gasteiger partial charge in [0.15, 0.2) is 29.0 Å². The molecule has 0 aromatic heterocycles. The third kappa shape index (κ3) is 1.94. The van der Waals surface area contributed by atoms with Crippen molar-refractivity contribution in [3.63, 3.8) is 0 Å². The average Bonchev–Trinajstić information content (AvgIpc) is 2.57. The van der Waals surface area contributed by atoms with E-state index < -0.39 is 79.6 Å². The Hall–Kier alpha value is -2.85. The van der Waals surface area contributed by atoms with E-state index in [9.17, 15) is 44.8 Å². The van der Waals surface area contributed by atoms with E-state index in [1.165, 1.54) is 0 Å². The van der Waals surface area contributed by atoms with Crippen molar-refractivity contribution in [3.8, 4) is 11.5 Å². The fourth-order valence-corrected chi connectivity index (χ4v) is 2.44. The summed E-state index contributed by atoms with van der Waals surface area (Å²) >= 11 is 0. The molecule has 0 aliphatic carbocycles. The largest absolute Gasteiger partial charge is 0.504 e. The zero-order chi connectivity index (χ0) is 18.8. The maximum absolute atomic E-state index is 14.4. The Bertz CT molecular complexity index is 1080. The van der Waals surface area contributed by atoms with Crippen LogP contribution in [0.5, 0.6) is 11.5 Å². The standard InChI is InChI=1S/C14HF9O2/c15-5-1-2(9(19)14(25-23)12(22)8(1)18)6(16)4-3(5)7(17)10(20)11(21)13(4)24/h24H. The molecule has 11 heteroatoms. The molecule has 0 amide bonds. The molecule has 3 aromatic rings. The fraction of sp³-hybridized carbons (Fsp3) is 0. The van der Waals surface area contributed by atoms with Gasteiger partial charge < -0.3 is 5.11 Å². The minimum Gasteiger partial charge on any atom is -0.504 e. The average molecular weight is 372 g/mol. The Morgan fingerprint density at radius 1 is 0.480 bits per heavy atom. The minimum atomic E-state index is -2.44. The van der Waals surface area contributed by atoms with Crippen LogP contribution in [0.2, 0.25) is 0 Å². The summed E-state index contributed by atoms with van der Waals surface area (Å²) < 4.78 is 123. The highest BCUT2D eigenvalue weighted by molar-refractivity contribution is 6.03. The number of hydrogen-bond acceptors (Lipinski definition) is 2. The molecule has 0 atom stereocenters. The van der Waals surface area contributed by atoms with E-state index in [1.807, 2.05) is 0 Å². The monoisotopic (exact) mass is 372 g/mol. The summed E-state index contributed by atoms with van der Waals surface area (Å²) in [5.74, 6) is -22.8. The third-order valence-electron chi connectivity index (χ3n) is 3.54. The number of rotatable bonds is 1. The second-order valence-electron chi connectivity index (χ2n) is 4.77. The van der Waals surface area contributed by atoms with Gasteiger partial charge in [-0.15, -0.1) is 0 Å². The summed E-state index contributed by atoms with van der Waals surface area (Å²) in [4.78, 5) is 2.72. The van der Waals surface area contributed by atoms with Crippen LogP contribution in [-0.4, -0.2) is 5.11 Å². The van der Waals surface area contributed by atoms with Crippen LogP contribution in [0.3, 0.4) is 0 Å². The van der Waals surface area contributed by atoms with Crippen molar-refractivity contribution >= 4 is 21.5 Å². The van der Waals surface area contributed by atoms with Gasteiger partial charge in [-0.1, -0.05) is 0 Å². The second-order valence-corrected chi connectivity index (χ2v) is 4.77. The predicted molar refractivity (Wildman–Crippen MR) is 64.5 cm³/mol. The van der Waals surface area contributed by atoms with Gasteiger partial charge in [-0.25, -0.2) is 26.3 Å². The smallest absolute Gasteiger partial charge is 0.246 e. The Kier molecular flexibility index (Phi) is 3.62. The van der Waals surface area contributed by atoms with Crippen LogP contribution in [0.4, 0.5) is 39.6 Å². The van der Waals surface area contributed by atoms with E-state index in [-0.39, 0.29) is 0 Å². The van der Waals surface area contributed by atoms with Crippen molar-refractivity contribution in [1.82, 2.24) is 0 Å². The van der Waals surface area contributed by atoms with Crippen LogP contribution in [0, 0.1) is 46.5 Å². The molecular formula is C14HF9O2. The number of hydrogen-bond donors (Lipinski definition) is 1. The first-order valence-corrected chi connectivity index (χ1v) is 6.09. The second kappa shape index (κ2) is 5.33. The van der Waals surface area contributed by atoms with Gasteiger partial charge in [0.1, 0.15) is 11.6 Å². The summed E-state index contributed by atoms with van der Waals surface area (Å²) in [6.45, 7) is 0. The Morgan fingerprint density at radius 3 is 1.48 bits per heavy atom. The van der Waals surface area contributed by atoms with Crippen LogP contribution >= 0.6 is 0 Å². The highest BCUT2D eigenvalue weighted by atomic mass is 19.3. The lowest BCUT2D eigenvalue weighted by Gasteiger charge is -2.13. The molecular weight excluding hydrogens is 371 g/mol. The molecule has 0 saturated heterocycles. The zero-order valence-corrected chi connectivity index (χ0v) is 11.3. The minimum absolute atomic E-state index is 1.70. The molecule has 0 radical (unpaired) electrons. The van der Waals surface area contributed by atoms with E-state index in [0.717, 1.165) is 0 Å². The number of aromatic hydroxyl groups is 1. The summed E-state index contributed by atoms with van der Waals surface area (Å²) in [5.41, 5.74) is 0. The van der Waals surface area contributed by atoms with Gasteiger partial charge in [-0.3, -0.25) is 4.94 Å². The van der Waals surface area contributed by atoms with Crippen LogP contribution in [-0.2, 0) is 0 Å². The number of halogens is 9. The maximum Gasteiger partial charge on any atom is 0.246 e. The molecule has 0 fully saturated rings. The van der Waals surface area contributed by atoms with E-state index in [2.05, 4.69) is 4.94 Å². The van der Waals surface area contributed by atoms with Gasteiger partial charge in [0, 0.05) is 4.53 Å². The van der Waals surface area contributed by atoms with Gasteiger partial charge in [0.05, 0.1) is 21.5 Å². The molecule has 2 nitrogen and oxygen atoms in total. The Labute approximate surface area is 130 Å². The molecule has 3 rings (SSSR count). The Morgan fingerprint density at radius 2 is 0.920 bits per heavy atom. The Balaban J connectivity index is 2.79. The lowest BCUT2D eigenvalue weighted by molar-refractivity contribution is -0.0156. The van der Waals surface area contributed by atoms with Crippen molar-refractivity contribution in [1.29, 1.82) is 0 Å². The molecule has 3 aromatic carbocycles. The molecule has 0 aliphatic heterocycles. The predicted octanol–water partition coefficient (Wildman–Crippen LogP) is 5.07. The van der Waals surface area contributed by atoms with E-state index >= 15 is 0 Å². The van der Waals surface area contributed by atoms with Gasteiger partial charge in [0.2, 0.25) is 17.4 Å². The van der Waals surface area contributed by atoms with Crippen molar-refractivity contribution < 1.29 is 49.7 Å². The van der Waals surface area contributed by atoms with Crippen LogP contribution in [0.1, 0.15) is 0 Å². The SMILES string of the molecule is Oc1c(F)c(F)c(F)c2c(F)c3c(F)c(F)c(OF)c(F)c3c(F)c12. The molecule has 0 aliphatic rings. The van der Waals surface area contributed by atoms with Crippen molar-refractivity contribution in [2.24, 2.45) is 0 Å². The third-order valence-corrected chi connectivity index (χ3v) is 3.54. The first-order chi connectivity index (χ1) is 11.6. The van der Waals surface area contributed by atoms with E-state index in [1.54, 1.807) is 0 Å². The summed E-state index contributed by atoms with van der Waals surface area (Å²) in [6.07, 6.45) is 0. The molecule has 0 heterocycles. The van der Waals surface area contributed by atoms with E-state index in [0.29, 0.717) is 0 Å². The topological polar surface area (TPSA) is 29.5 Å². The summed E-state index contributed by atoms with van der Waals surface area (Å²) in [6, 6.07) is 0. The van der Waals surface area contributed by atoms with Crippen molar-refractivity contribution in [2.45, 2.75) is 0 Å². The lowest BCUT2D eigenvalue weighted by atomic mass is 9.98. The van der Waals surface area contributed by atoms with Gasteiger partial charge in [0.25, 0.3) is 0 Å². The van der Waals surface area contributed by atoms with E-state index in [4.69, 9.17) is 0 Å². The van der Waals surface area contributed by atoms with Crippen LogP contribution in [0.15, 0.2) is 0 Å².